The van der Waals surface area contributed by atoms with Gasteiger partial charge >= 0.3 is 0 Å². The molecule has 2 heterocycles. The number of rotatable bonds is 2. The number of carbonyl (C=O) groups excluding carboxylic acids is 1. The lowest BCUT2D eigenvalue weighted by Gasteiger charge is -2.34. The normalized spacial score (nSPS) is 21.7. The summed E-state index contributed by atoms with van der Waals surface area (Å²) >= 11 is 6.21. The molecule has 2 N–H and O–H groups in total. The van der Waals surface area contributed by atoms with Crippen LogP contribution in [0.2, 0.25) is 5.02 Å². The summed E-state index contributed by atoms with van der Waals surface area (Å²) in [6.07, 6.45) is 0.788. The summed E-state index contributed by atoms with van der Waals surface area (Å²) in [7, 11) is 0. The van der Waals surface area contributed by atoms with E-state index in [0.717, 1.165) is 24.1 Å². The maximum absolute atomic E-state index is 11.8. The fourth-order valence-corrected chi connectivity index (χ4v) is 3.12. The van der Waals surface area contributed by atoms with Crippen LogP contribution >= 0.6 is 24.0 Å². The number of benzene rings is 1. The second-order valence-corrected chi connectivity index (χ2v) is 5.51. The van der Waals surface area contributed by atoms with Crippen LogP contribution in [-0.4, -0.2) is 48.8 Å². The van der Waals surface area contributed by atoms with Crippen molar-refractivity contribution in [2.45, 2.75) is 12.5 Å². The molecular formula is C14H18Cl2N2O3. The monoisotopic (exact) mass is 332 g/mol. The van der Waals surface area contributed by atoms with E-state index in [9.17, 15) is 9.90 Å². The van der Waals surface area contributed by atoms with Gasteiger partial charge in [0.15, 0.2) is 0 Å². The molecule has 0 spiro atoms. The summed E-state index contributed by atoms with van der Waals surface area (Å²) in [5, 5.41) is 14.2. The minimum absolute atomic E-state index is 0. The van der Waals surface area contributed by atoms with Crippen LogP contribution in [0.3, 0.4) is 0 Å². The summed E-state index contributed by atoms with van der Waals surface area (Å²) in [5.74, 6) is 0.231. The molecule has 2 aliphatic rings. The number of amides is 1. The molecule has 7 heteroatoms. The van der Waals surface area contributed by atoms with Gasteiger partial charge in [-0.15, -0.1) is 12.4 Å². The number of aromatic hydroxyl groups is 1. The first kappa shape index (κ1) is 16.4. The highest BCUT2D eigenvalue weighted by Crippen LogP contribution is 2.36. The van der Waals surface area contributed by atoms with Gasteiger partial charge in [-0.25, -0.2) is 0 Å². The quantitative estimate of drug-likeness (QED) is 0.861. The van der Waals surface area contributed by atoms with Crippen LogP contribution in [-0.2, 0) is 16.0 Å². The van der Waals surface area contributed by atoms with Crippen LogP contribution in [0.4, 0.5) is 0 Å². The van der Waals surface area contributed by atoms with Gasteiger partial charge in [-0.1, -0.05) is 11.6 Å². The van der Waals surface area contributed by atoms with E-state index in [-0.39, 0.29) is 36.7 Å². The number of ether oxygens (including phenoxy) is 1. The number of hydrogen-bond donors (Lipinski definition) is 2. The molecule has 1 saturated heterocycles. The van der Waals surface area contributed by atoms with Crippen LogP contribution < -0.4 is 5.32 Å². The minimum Gasteiger partial charge on any atom is -0.508 e. The van der Waals surface area contributed by atoms with Gasteiger partial charge in [-0.2, -0.15) is 0 Å². The Morgan fingerprint density at radius 1 is 1.48 bits per heavy atom. The molecule has 5 nitrogen and oxygen atoms in total. The number of fused-ring (bicyclic) bond motifs is 1. The third-order valence-electron chi connectivity index (χ3n) is 3.88. The van der Waals surface area contributed by atoms with Gasteiger partial charge in [0.25, 0.3) is 0 Å². The molecule has 0 radical (unpaired) electrons. The molecule has 1 fully saturated rings. The molecule has 0 bridgehead atoms. The van der Waals surface area contributed by atoms with Crippen molar-refractivity contribution in [3.05, 3.63) is 28.3 Å². The number of morpholine rings is 1. The van der Waals surface area contributed by atoms with Crippen molar-refractivity contribution < 1.29 is 14.6 Å². The maximum atomic E-state index is 11.8. The predicted molar refractivity (Wildman–Crippen MR) is 82.2 cm³/mol. The van der Waals surface area contributed by atoms with Gasteiger partial charge in [0.2, 0.25) is 5.91 Å². The van der Waals surface area contributed by atoms with Crippen molar-refractivity contribution in [3.8, 4) is 5.75 Å². The Morgan fingerprint density at radius 2 is 2.29 bits per heavy atom. The first-order valence-electron chi connectivity index (χ1n) is 6.76. The average molecular weight is 333 g/mol. The van der Waals surface area contributed by atoms with Gasteiger partial charge < -0.3 is 20.1 Å². The standard InChI is InChI=1S/C14H17ClN2O3.ClH/c15-10-1-2-12(18)14-9(10)3-4-16-11(14)7-17-5-6-20-8-13(17)19;/h1-2,11,16,18H,3-8H2;1H/t11-;/m1./s1. The predicted octanol–water partition coefficient (Wildman–Crippen LogP) is 1.51. The second kappa shape index (κ2) is 6.83. The van der Waals surface area contributed by atoms with Crippen LogP contribution in [0.25, 0.3) is 0 Å². The van der Waals surface area contributed by atoms with E-state index in [1.807, 2.05) is 0 Å². The fraction of sp³-hybridized carbons (Fsp3) is 0.500. The SMILES string of the molecule is Cl.O=C1COCCN1C[C@H]1NCCc2c(Cl)ccc(O)c21. The Kier molecular flexibility index (Phi) is 5.32. The summed E-state index contributed by atoms with van der Waals surface area (Å²) in [6, 6.07) is 3.25. The smallest absolute Gasteiger partial charge is 0.248 e. The molecule has 116 valence electrons. The zero-order valence-corrected chi connectivity index (χ0v) is 13.0. The Morgan fingerprint density at radius 3 is 3.05 bits per heavy atom. The number of carbonyl (C=O) groups is 1. The van der Waals surface area contributed by atoms with E-state index in [1.54, 1.807) is 17.0 Å². The van der Waals surface area contributed by atoms with Gasteiger partial charge in [-0.05, 0) is 30.7 Å². The third-order valence-corrected chi connectivity index (χ3v) is 4.23. The zero-order chi connectivity index (χ0) is 14.1. The van der Waals surface area contributed by atoms with Crippen molar-refractivity contribution in [1.82, 2.24) is 10.2 Å². The first-order valence-corrected chi connectivity index (χ1v) is 7.14. The molecule has 0 aromatic heterocycles. The third kappa shape index (κ3) is 3.26. The summed E-state index contributed by atoms with van der Waals surface area (Å²) < 4.78 is 5.13. The van der Waals surface area contributed by atoms with Crippen molar-refractivity contribution in [3.63, 3.8) is 0 Å². The van der Waals surface area contributed by atoms with E-state index >= 15 is 0 Å². The van der Waals surface area contributed by atoms with Crippen LogP contribution in [0, 0.1) is 0 Å². The fourth-order valence-electron chi connectivity index (χ4n) is 2.86. The van der Waals surface area contributed by atoms with Crippen LogP contribution in [0.15, 0.2) is 12.1 Å². The van der Waals surface area contributed by atoms with Gasteiger partial charge in [0.05, 0.1) is 12.6 Å². The van der Waals surface area contributed by atoms with Crippen LogP contribution in [0.1, 0.15) is 17.2 Å². The molecule has 1 aromatic rings. The van der Waals surface area contributed by atoms with E-state index in [2.05, 4.69) is 5.32 Å². The van der Waals surface area contributed by atoms with Crippen LogP contribution in [0.5, 0.6) is 5.75 Å². The number of halogens is 2. The Labute approximate surface area is 134 Å². The lowest BCUT2D eigenvalue weighted by atomic mass is 9.93. The van der Waals surface area contributed by atoms with E-state index in [4.69, 9.17) is 16.3 Å². The molecule has 1 amide bonds. The lowest BCUT2D eigenvalue weighted by Crippen LogP contribution is -2.47. The highest BCUT2D eigenvalue weighted by molar-refractivity contribution is 6.31. The molecule has 1 aromatic carbocycles. The highest BCUT2D eigenvalue weighted by Gasteiger charge is 2.29. The van der Waals surface area contributed by atoms with Gasteiger partial charge in [-0.3, -0.25) is 4.79 Å². The second-order valence-electron chi connectivity index (χ2n) is 5.11. The van der Waals surface area contributed by atoms with Crippen molar-refractivity contribution in [2.75, 3.05) is 32.8 Å². The zero-order valence-electron chi connectivity index (χ0n) is 11.5. The number of phenols is 1. The first-order chi connectivity index (χ1) is 9.66. The lowest BCUT2D eigenvalue weighted by molar-refractivity contribution is -0.143. The molecule has 1 atom stereocenters. The Hall–Kier alpha value is -1.01. The largest absolute Gasteiger partial charge is 0.508 e. The number of nitrogens with one attached hydrogen (secondary N) is 1. The van der Waals surface area contributed by atoms with E-state index in [0.29, 0.717) is 24.7 Å². The number of phenolic OH excluding ortho intramolecular Hbond substituents is 1. The molecule has 21 heavy (non-hydrogen) atoms. The van der Waals surface area contributed by atoms with Crippen molar-refractivity contribution in [2.24, 2.45) is 0 Å². The minimum atomic E-state index is -0.0838. The summed E-state index contributed by atoms with van der Waals surface area (Å²) in [6.45, 7) is 2.62. The van der Waals surface area contributed by atoms with E-state index in [1.165, 1.54) is 0 Å². The molecule has 0 aliphatic carbocycles. The van der Waals surface area contributed by atoms with E-state index < -0.39 is 0 Å². The summed E-state index contributed by atoms with van der Waals surface area (Å²) in [4.78, 5) is 13.6. The van der Waals surface area contributed by atoms with Gasteiger partial charge in [0, 0.05) is 23.7 Å². The molecule has 3 rings (SSSR count). The number of hydrogen-bond acceptors (Lipinski definition) is 4. The summed E-state index contributed by atoms with van der Waals surface area (Å²) in [5.41, 5.74) is 1.80. The molecule has 0 unspecified atom stereocenters. The van der Waals surface area contributed by atoms with Gasteiger partial charge in [0.1, 0.15) is 12.4 Å². The highest BCUT2D eigenvalue weighted by atomic mass is 35.5. The Bertz CT molecular complexity index is 539. The van der Waals surface area contributed by atoms with Crippen molar-refractivity contribution >= 4 is 29.9 Å². The average Bonchev–Trinajstić information content (AvgIpc) is 2.45. The molecule has 0 saturated carbocycles. The van der Waals surface area contributed by atoms with Crippen molar-refractivity contribution in [1.29, 1.82) is 0 Å². The Balaban J connectivity index is 0.00000161. The number of nitrogens with zero attached hydrogens (tertiary/aromatic N) is 1. The maximum Gasteiger partial charge on any atom is 0.248 e. The molecule has 2 aliphatic heterocycles. The topological polar surface area (TPSA) is 61.8 Å². The molecular weight excluding hydrogens is 315 g/mol.